The Kier molecular flexibility index (Phi) is 11.2. The smallest absolute Gasteiger partial charge is 0.415 e. The minimum atomic E-state index is -1.17. The van der Waals surface area contributed by atoms with Gasteiger partial charge in [0.1, 0.15) is 11.5 Å². The van der Waals surface area contributed by atoms with E-state index in [4.69, 9.17) is 35.2 Å². The lowest BCUT2D eigenvalue weighted by atomic mass is 9.50. The lowest BCUT2D eigenvalue weighted by Crippen LogP contribution is -2.75. The summed E-state index contributed by atoms with van der Waals surface area (Å²) in [5.74, 6) is 2.75. The minimum Gasteiger partial charge on any atom is -0.504 e. The highest BCUT2D eigenvalue weighted by Crippen LogP contribution is 2.67. The van der Waals surface area contributed by atoms with Crippen LogP contribution in [0.25, 0.3) is 0 Å². The highest BCUT2D eigenvalue weighted by Gasteiger charge is 2.74. The van der Waals surface area contributed by atoms with Gasteiger partial charge in [0, 0.05) is 75.3 Å². The first-order valence-corrected chi connectivity index (χ1v) is 25.7. The molecule has 372 valence electrons. The SMILES string of the molecule is NCCCN(CCOCCN(CCCN)C(=O)OC1=CC[C@@]2(O)[C@H]3Cc4ccc(O)c5c4[C@@]2(CCN3CC2CC2)[C@H]1O5)C(=O)OC1=CC[C@@]2(O)[C@H]3Cc4ccc(O)c5c4[C@@]2(CCN3CC2CC2)[C@H]1O5. The first-order chi connectivity index (χ1) is 33.4. The number of carbonyl (C=O) groups excluding carboxylic acids is 2. The third kappa shape index (κ3) is 6.95. The molecule has 17 nitrogen and oxygen atoms in total. The Morgan fingerprint density at radius 3 is 1.51 bits per heavy atom. The average Bonchev–Trinajstić information content (AvgIpc) is 4.27. The fourth-order valence-corrected chi connectivity index (χ4v) is 14.3. The fourth-order valence-electron chi connectivity index (χ4n) is 14.3. The molecule has 4 fully saturated rings. The Bertz CT molecular complexity index is 2300. The van der Waals surface area contributed by atoms with Crippen LogP contribution in [-0.2, 0) is 37.9 Å². The van der Waals surface area contributed by atoms with Crippen LogP contribution in [0.4, 0.5) is 9.59 Å². The summed E-state index contributed by atoms with van der Waals surface area (Å²) < 4.78 is 31.7. The van der Waals surface area contributed by atoms with E-state index < -0.39 is 46.4 Å². The second-order valence-electron chi connectivity index (χ2n) is 21.7. The molecule has 0 aromatic heterocycles. The number of aromatic hydroxyl groups is 2. The molecule has 69 heavy (non-hydrogen) atoms. The molecule has 0 radical (unpaired) electrons. The molecule has 2 aromatic rings. The predicted molar refractivity (Wildman–Crippen MR) is 251 cm³/mol. The van der Waals surface area contributed by atoms with Gasteiger partial charge < -0.3 is 65.4 Å². The van der Waals surface area contributed by atoms with Crippen LogP contribution >= 0.6 is 0 Å². The van der Waals surface area contributed by atoms with Gasteiger partial charge in [0.25, 0.3) is 0 Å². The van der Waals surface area contributed by atoms with Crippen molar-refractivity contribution < 1.29 is 53.7 Å². The third-order valence-electron chi connectivity index (χ3n) is 18.0. The molecule has 17 heteroatoms. The van der Waals surface area contributed by atoms with E-state index >= 15 is 0 Å². The molecule has 4 bridgehead atoms. The van der Waals surface area contributed by atoms with Gasteiger partial charge in [0.2, 0.25) is 0 Å². The number of nitrogens with zero attached hydrogens (tertiary/aromatic N) is 4. The van der Waals surface area contributed by atoms with Crippen LogP contribution in [0.1, 0.15) is 86.5 Å². The van der Waals surface area contributed by atoms with Crippen molar-refractivity contribution in [2.24, 2.45) is 23.3 Å². The largest absolute Gasteiger partial charge is 0.504 e. The van der Waals surface area contributed by atoms with E-state index in [1.54, 1.807) is 21.9 Å². The number of piperidine rings is 2. The summed E-state index contributed by atoms with van der Waals surface area (Å²) in [7, 11) is 0. The van der Waals surface area contributed by atoms with Gasteiger partial charge in [-0.1, -0.05) is 12.1 Å². The summed E-state index contributed by atoms with van der Waals surface area (Å²) >= 11 is 0. The Balaban J connectivity index is 0.704. The molecule has 2 spiro atoms. The maximum Gasteiger partial charge on any atom is 0.415 e. The molecule has 2 aromatic carbocycles. The highest BCUT2D eigenvalue weighted by molar-refractivity contribution is 5.72. The zero-order chi connectivity index (χ0) is 47.5. The number of hydrogen-bond donors (Lipinski definition) is 6. The number of aliphatic hydroxyl groups is 2. The maximum atomic E-state index is 14.1. The van der Waals surface area contributed by atoms with Crippen molar-refractivity contribution in [2.75, 3.05) is 78.7 Å². The number of carbonyl (C=O) groups is 2. The molecule has 4 aliphatic heterocycles. The topological polar surface area (TPSA) is 226 Å². The zero-order valence-electron chi connectivity index (χ0n) is 39.5. The van der Waals surface area contributed by atoms with Gasteiger partial charge in [0.05, 0.1) is 35.2 Å². The standard InChI is InChI=1S/C52H68N6O11/c53-17-1-19-55(47(61)66-37-11-13-51(63)39-27-33-7-9-35(59)43-41(33)49(51,45(37)68-43)15-21-57(39)29-31-3-4-31)23-25-65-26-24-56(20-2-18-54)48(62)67-38-12-14-52(64)40-28-34-8-10-36(60)44-42(34)50(52,46(38)69-44)16-22-58(40)30-32-5-6-32/h7-12,31-32,39-40,45-46,59-60,63-64H,1-6,13-30,53-54H2/t39-,40-,45+,46+,49+,50+,51-,52-/m1/s1. The van der Waals surface area contributed by atoms with Crippen molar-refractivity contribution in [1.82, 2.24) is 19.6 Å². The molecule has 4 heterocycles. The van der Waals surface area contributed by atoms with Gasteiger partial charge in [-0.25, -0.2) is 9.59 Å². The first kappa shape index (κ1) is 45.5. The van der Waals surface area contributed by atoms with Crippen LogP contribution in [0.2, 0.25) is 0 Å². The third-order valence-corrected chi connectivity index (χ3v) is 18.0. The van der Waals surface area contributed by atoms with E-state index in [-0.39, 0.29) is 62.7 Å². The first-order valence-electron chi connectivity index (χ1n) is 25.7. The van der Waals surface area contributed by atoms with Gasteiger partial charge in [0.15, 0.2) is 35.2 Å². The molecule has 2 amide bonds. The van der Waals surface area contributed by atoms with Crippen molar-refractivity contribution in [3.8, 4) is 23.0 Å². The maximum absolute atomic E-state index is 14.1. The van der Waals surface area contributed by atoms with Gasteiger partial charge in [-0.05, 0) is 138 Å². The molecule has 8 atom stereocenters. The average molecular weight is 953 g/mol. The van der Waals surface area contributed by atoms with E-state index in [1.165, 1.54) is 25.7 Å². The van der Waals surface area contributed by atoms with Crippen molar-refractivity contribution >= 4 is 12.2 Å². The molecule has 2 saturated heterocycles. The summed E-state index contributed by atoms with van der Waals surface area (Å²) in [5.41, 5.74) is 11.6. The number of phenolic OH excluding ortho intramolecular Hbond substituents is 2. The Morgan fingerprint density at radius 2 is 1.10 bits per heavy atom. The summed E-state index contributed by atoms with van der Waals surface area (Å²) in [6, 6.07) is 6.99. The van der Waals surface area contributed by atoms with Gasteiger partial charge >= 0.3 is 12.2 Å². The van der Waals surface area contributed by atoms with Gasteiger partial charge in [-0.3, -0.25) is 9.80 Å². The number of phenols is 2. The number of ether oxygens (including phenoxy) is 5. The molecule has 2 saturated carbocycles. The van der Waals surface area contributed by atoms with E-state index in [9.17, 15) is 30.0 Å². The predicted octanol–water partition coefficient (Wildman–Crippen LogP) is 3.51. The number of nitrogens with two attached hydrogens (primary N) is 2. The number of likely N-dealkylation sites (tertiary alicyclic amines) is 2. The van der Waals surface area contributed by atoms with Gasteiger partial charge in [-0.2, -0.15) is 0 Å². The molecular weight excluding hydrogens is 885 g/mol. The highest BCUT2D eigenvalue weighted by atomic mass is 16.6. The van der Waals surface area contributed by atoms with Crippen LogP contribution in [-0.4, -0.2) is 166 Å². The van der Waals surface area contributed by atoms with E-state index in [0.29, 0.717) is 99.6 Å². The number of benzene rings is 2. The Hall–Kier alpha value is -4.62. The Labute approximate surface area is 402 Å². The second kappa shape index (κ2) is 17.0. The quantitative estimate of drug-likeness (QED) is 0.118. The normalized spacial score (nSPS) is 33.0. The molecular formula is C52H68N6O11. The summed E-state index contributed by atoms with van der Waals surface area (Å²) in [4.78, 5) is 36.3. The summed E-state index contributed by atoms with van der Waals surface area (Å²) in [6.07, 6.45) is 9.88. The molecule has 12 rings (SSSR count). The number of amides is 2. The van der Waals surface area contributed by atoms with Crippen LogP contribution in [0.3, 0.4) is 0 Å². The van der Waals surface area contributed by atoms with Crippen LogP contribution in [0, 0.1) is 11.8 Å². The lowest BCUT2D eigenvalue weighted by molar-refractivity contribution is -0.169. The monoisotopic (exact) mass is 952 g/mol. The van der Waals surface area contributed by atoms with E-state index in [0.717, 1.165) is 48.4 Å². The van der Waals surface area contributed by atoms with Crippen LogP contribution < -0.4 is 20.9 Å². The molecule has 8 N–H and O–H groups in total. The van der Waals surface area contributed by atoms with Crippen molar-refractivity contribution in [3.05, 3.63) is 70.2 Å². The van der Waals surface area contributed by atoms with E-state index in [2.05, 4.69) is 9.80 Å². The fraction of sp³-hybridized carbons (Fsp3) is 0.654. The lowest BCUT2D eigenvalue weighted by Gasteiger charge is -2.62. The second-order valence-corrected chi connectivity index (χ2v) is 21.7. The van der Waals surface area contributed by atoms with Crippen LogP contribution in [0.15, 0.2) is 47.9 Å². The molecule has 6 aliphatic carbocycles. The molecule has 10 aliphatic rings. The van der Waals surface area contributed by atoms with Crippen molar-refractivity contribution in [3.63, 3.8) is 0 Å². The minimum absolute atomic E-state index is 0.0135. The number of hydrogen-bond acceptors (Lipinski definition) is 15. The summed E-state index contributed by atoms with van der Waals surface area (Å²) in [5, 5.41) is 47.8. The zero-order valence-corrected chi connectivity index (χ0v) is 39.5. The van der Waals surface area contributed by atoms with Gasteiger partial charge in [-0.15, -0.1) is 0 Å². The van der Waals surface area contributed by atoms with Crippen molar-refractivity contribution in [2.45, 2.75) is 123 Å². The Morgan fingerprint density at radius 1 is 0.667 bits per heavy atom. The number of rotatable bonds is 18. The van der Waals surface area contributed by atoms with Crippen LogP contribution in [0.5, 0.6) is 23.0 Å². The summed E-state index contributed by atoms with van der Waals surface area (Å²) in [6.45, 7) is 5.50. The van der Waals surface area contributed by atoms with Crippen molar-refractivity contribution in [1.29, 1.82) is 0 Å². The van der Waals surface area contributed by atoms with E-state index in [1.807, 2.05) is 24.3 Å². The molecule has 0 unspecified atom stereocenters.